The van der Waals surface area contributed by atoms with E-state index in [1.165, 1.54) is 0 Å². The van der Waals surface area contributed by atoms with Gasteiger partial charge < -0.3 is 15.1 Å². The lowest BCUT2D eigenvalue weighted by Gasteiger charge is -2.29. The lowest BCUT2D eigenvalue weighted by molar-refractivity contribution is -0.132. The number of rotatable bonds is 4. The molecular formula is C13H27N3O. The van der Waals surface area contributed by atoms with E-state index < -0.39 is 0 Å². The van der Waals surface area contributed by atoms with Gasteiger partial charge in [-0.25, -0.2) is 0 Å². The second-order valence-electron chi connectivity index (χ2n) is 6.18. The molecule has 1 aliphatic rings. The molecule has 1 fully saturated rings. The predicted molar refractivity (Wildman–Crippen MR) is 71.0 cm³/mol. The van der Waals surface area contributed by atoms with Crippen molar-refractivity contribution in [3.63, 3.8) is 0 Å². The molecule has 4 heteroatoms. The van der Waals surface area contributed by atoms with Crippen LogP contribution in [0.15, 0.2) is 0 Å². The van der Waals surface area contributed by atoms with Gasteiger partial charge in [0.05, 0.1) is 0 Å². The quantitative estimate of drug-likeness (QED) is 0.790. The molecule has 0 bridgehead atoms. The molecule has 4 nitrogen and oxygen atoms in total. The number of carbonyl (C=O) groups excluding carboxylic acids is 1. The monoisotopic (exact) mass is 241 g/mol. The van der Waals surface area contributed by atoms with Crippen molar-refractivity contribution in [1.82, 2.24) is 15.1 Å². The summed E-state index contributed by atoms with van der Waals surface area (Å²) in [5.41, 5.74) is 0.298. The topological polar surface area (TPSA) is 35.6 Å². The second-order valence-corrected chi connectivity index (χ2v) is 6.18. The first-order valence-corrected chi connectivity index (χ1v) is 6.55. The summed E-state index contributed by atoms with van der Waals surface area (Å²) in [6, 6.07) is 0. The first kappa shape index (κ1) is 14.5. The maximum Gasteiger partial charge on any atom is 0.223 e. The van der Waals surface area contributed by atoms with Crippen LogP contribution in [0.4, 0.5) is 0 Å². The van der Waals surface area contributed by atoms with E-state index in [9.17, 15) is 4.79 Å². The highest BCUT2D eigenvalue weighted by molar-refractivity contribution is 5.76. The van der Waals surface area contributed by atoms with Gasteiger partial charge in [-0.1, -0.05) is 20.8 Å². The molecule has 0 saturated carbocycles. The summed E-state index contributed by atoms with van der Waals surface area (Å²) < 4.78 is 0. The Morgan fingerprint density at radius 3 is 2.41 bits per heavy atom. The van der Waals surface area contributed by atoms with Crippen LogP contribution in [0.3, 0.4) is 0 Å². The number of hydrogen-bond acceptors (Lipinski definition) is 3. The molecule has 1 saturated heterocycles. The molecule has 1 amide bonds. The van der Waals surface area contributed by atoms with Crippen LogP contribution in [0, 0.1) is 5.41 Å². The fourth-order valence-corrected chi connectivity index (χ4v) is 2.25. The molecule has 0 aromatic heterocycles. The third-order valence-electron chi connectivity index (χ3n) is 2.92. The second kappa shape index (κ2) is 6.36. The van der Waals surface area contributed by atoms with Crippen LogP contribution in [0.1, 0.15) is 27.2 Å². The van der Waals surface area contributed by atoms with Crippen LogP contribution >= 0.6 is 0 Å². The van der Waals surface area contributed by atoms with Crippen molar-refractivity contribution in [2.45, 2.75) is 27.2 Å². The lowest BCUT2D eigenvalue weighted by Crippen LogP contribution is -2.47. The third kappa shape index (κ3) is 6.03. The number of nitrogens with one attached hydrogen (secondary N) is 1. The van der Waals surface area contributed by atoms with Crippen LogP contribution in [0.5, 0.6) is 0 Å². The molecule has 0 atom stereocenters. The summed E-state index contributed by atoms with van der Waals surface area (Å²) in [6.07, 6.45) is 0.645. The summed E-state index contributed by atoms with van der Waals surface area (Å²) in [5, 5.41) is 3.26. The minimum atomic E-state index is 0.298. The van der Waals surface area contributed by atoms with Gasteiger partial charge >= 0.3 is 0 Å². The minimum absolute atomic E-state index is 0.298. The number of hydrogen-bond donors (Lipinski definition) is 1. The normalized spacial score (nSPS) is 17.6. The van der Waals surface area contributed by atoms with Crippen molar-refractivity contribution < 1.29 is 4.79 Å². The molecule has 0 unspecified atom stereocenters. The van der Waals surface area contributed by atoms with Crippen LogP contribution in [-0.4, -0.2) is 62.0 Å². The fourth-order valence-electron chi connectivity index (χ4n) is 2.25. The Labute approximate surface area is 105 Å². The Bertz CT molecular complexity index is 242. The Hall–Kier alpha value is -0.610. The van der Waals surface area contributed by atoms with Gasteiger partial charge in [0, 0.05) is 45.7 Å². The maximum atomic E-state index is 11.9. The van der Waals surface area contributed by atoms with Gasteiger partial charge in [-0.3, -0.25) is 4.79 Å². The van der Waals surface area contributed by atoms with Gasteiger partial charge in [-0.2, -0.15) is 0 Å². The van der Waals surface area contributed by atoms with Crippen LogP contribution in [0.2, 0.25) is 0 Å². The Balaban J connectivity index is 2.22. The first-order chi connectivity index (χ1) is 7.88. The van der Waals surface area contributed by atoms with E-state index >= 15 is 0 Å². The largest absolute Gasteiger partial charge is 0.340 e. The fraction of sp³-hybridized carbons (Fsp3) is 0.923. The molecule has 1 aliphatic heterocycles. The molecule has 0 aromatic rings. The van der Waals surface area contributed by atoms with Gasteiger partial charge in [-0.05, 0) is 12.5 Å². The summed E-state index contributed by atoms with van der Waals surface area (Å²) >= 11 is 0. The molecule has 0 aromatic carbocycles. The number of piperazine rings is 1. The highest BCUT2D eigenvalue weighted by Crippen LogP contribution is 2.14. The Kier molecular flexibility index (Phi) is 5.40. The van der Waals surface area contributed by atoms with E-state index in [2.05, 4.69) is 38.0 Å². The van der Waals surface area contributed by atoms with E-state index in [1.54, 1.807) is 0 Å². The molecule has 17 heavy (non-hydrogen) atoms. The summed E-state index contributed by atoms with van der Waals surface area (Å²) in [7, 11) is 2.09. The van der Waals surface area contributed by atoms with Crippen molar-refractivity contribution in [3.05, 3.63) is 0 Å². The molecule has 1 rings (SSSR count). The maximum absolute atomic E-state index is 11.9. The third-order valence-corrected chi connectivity index (χ3v) is 2.92. The van der Waals surface area contributed by atoms with Gasteiger partial charge in [0.25, 0.3) is 0 Å². The van der Waals surface area contributed by atoms with E-state index in [1.807, 2.05) is 4.90 Å². The number of nitrogens with zero attached hydrogens (tertiary/aromatic N) is 2. The number of amides is 1. The van der Waals surface area contributed by atoms with Crippen molar-refractivity contribution in [2.24, 2.45) is 5.41 Å². The van der Waals surface area contributed by atoms with Crippen LogP contribution in [-0.2, 0) is 4.79 Å². The zero-order valence-electron chi connectivity index (χ0n) is 11.8. The van der Waals surface area contributed by atoms with Crippen LogP contribution in [0.25, 0.3) is 0 Å². The van der Waals surface area contributed by atoms with E-state index in [0.29, 0.717) is 17.7 Å². The number of carbonyl (C=O) groups is 1. The SMILES string of the molecule is CN(CCC(=O)N1CCNCC1)CC(C)(C)C. The van der Waals surface area contributed by atoms with Crippen molar-refractivity contribution >= 4 is 5.91 Å². The first-order valence-electron chi connectivity index (χ1n) is 6.55. The Morgan fingerprint density at radius 2 is 1.88 bits per heavy atom. The molecule has 100 valence electrons. The Morgan fingerprint density at radius 1 is 1.29 bits per heavy atom. The summed E-state index contributed by atoms with van der Waals surface area (Å²) in [6.45, 7) is 12.2. The van der Waals surface area contributed by atoms with Gasteiger partial charge in [0.2, 0.25) is 5.91 Å². The van der Waals surface area contributed by atoms with Gasteiger partial charge in [0.1, 0.15) is 0 Å². The predicted octanol–water partition coefficient (Wildman–Crippen LogP) is 0.786. The molecule has 0 spiro atoms. The van der Waals surface area contributed by atoms with Gasteiger partial charge in [-0.15, -0.1) is 0 Å². The van der Waals surface area contributed by atoms with Crippen LogP contribution < -0.4 is 5.32 Å². The highest BCUT2D eigenvalue weighted by atomic mass is 16.2. The zero-order valence-corrected chi connectivity index (χ0v) is 11.8. The van der Waals surface area contributed by atoms with Crippen molar-refractivity contribution in [2.75, 3.05) is 46.3 Å². The molecule has 1 heterocycles. The van der Waals surface area contributed by atoms with E-state index in [0.717, 1.165) is 39.3 Å². The molecule has 0 radical (unpaired) electrons. The smallest absolute Gasteiger partial charge is 0.223 e. The zero-order chi connectivity index (χ0) is 12.9. The molecule has 0 aliphatic carbocycles. The standard InChI is InChI=1S/C13H27N3O/c1-13(2,3)11-15(4)8-5-12(17)16-9-6-14-7-10-16/h14H,5-11H2,1-4H3. The van der Waals surface area contributed by atoms with Crippen molar-refractivity contribution in [1.29, 1.82) is 0 Å². The lowest BCUT2D eigenvalue weighted by atomic mass is 9.96. The molecular weight excluding hydrogens is 214 g/mol. The highest BCUT2D eigenvalue weighted by Gasteiger charge is 2.18. The van der Waals surface area contributed by atoms with E-state index in [4.69, 9.17) is 0 Å². The molecule has 1 N–H and O–H groups in total. The average molecular weight is 241 g/mol. The average Bonchev–Trinajstić information content (AvgIpc) is 2.25. The summed E-state index contributed by atoms with van der Waals surface area (Å²) in [4.78, 5) is 16.2. The van der Waals surface area contributed by atoms with Crippen molar-refractivity contribution in [3.8, 4) is 0 Å². The summed E-state index contributed by atoms with van der Waals surface area (Å²) in [5.74, 6) is 0.298. The minimum Gasteiger partial charge on any atom is -0.340 e. The van der Waals surface area contributed by atoms with Gasteiger partial charge in [0.15, 0.2) is 0 Å². The van der Waals surface area contributed by atoms with E-state index in [-0.39, 0.29) is 0 Å².